The van der Waals surface area contributed by atoms with Crippen molar-refractivity contribution in [1.29, 1.82) is 0 Å². The lowest BCUT2D eigenvalue weighted by atomic mass is 10.1. The van der Waals surface area contributed by atoms with E-state index in [0.29, 0.717) is 5.69 Å². The van der Waals surface area contributed by atoms with Gasteiger partial charge in [-0.2, -0.15) is 13.2 Å². The highest BCUT2D eigenvalue weighted by Crippen LogP contribution is 2.34. The van der Waals surface area contributed by atoms with Crippen LogP contribution in [0.4, 0.5) is 24.5 Å². The molecule has 3 rings (SSSR count). The number of hydrogen-bond donors (Lipinski definition) is 1. The normalized spacial score (nSPS) is 11.7. The number of carbonyl (C=O) groups is 1. The zero-order valence-electron chi connectivity index (χ0n) is 18.5. The number of carbonyl (C=O) groups excluding carboxylic acids is 1. The number of hydrogen-bond acceptors (Lipinski definition) is 4. The van der Waals surface area contributed by atoms with Crippen LogP contribution >= 0.6 is 0 Å². The second-order valence-electron chi connectivity index (χ2n) is 7.36. The highest BCUT2D eigenvalue weighted by atomic mass is 32.2. The maximum atomic E-state index is 13.1. The van der Waals surface area contributed by atoms with Gasteiger partial charge in [0.2, 0.25) is 0 Å². The van der Waals surface area contributed by atoms with Crippen molar-refractivity contribution < 1.29 is 31.1 Å². The van der Waals surface area contributed by atoms with Crippen LogP contribution in [0.1, 0.15) is 18.1 Å². The third kappa shape index (κ3) is 5.88. The quantitative estimate of drug-likeness (QED) is 0.466. The molecular weight excluding hydrogens is 469 g/mol. The van der Waals surface area contributed by atoms with Gasteiger partial charge in [-0.15, -0.1) is 0 Å². The lowest BCUT2D eigenvalue weighted by Crippen LogP contribution is -2.30. The van der Waals surface area contributed by atoms with Crippen LogP contribution in [0.25, 0.3) is 0 Å². The van der Waals surface area contributed by atoms with Crippen LogP contribution in [0.3, 0.4) is 0 Å². The molecule has 34 heavy (non-hydrogen) atoms. The Kier molecular flexibility index (Phi) is 7.51. The Balaban J connectivity index is 1.67. The van der Waals surface area contributed by atoms with Crippen LogP contribution in [-0.2, 0) is 21.0 Å². The standard InChI is InChI=1S/C24H23F3N2O4S/c1-3-29(34(31,32)20-14-8-17(2)9-15-20)18-10-12-19(13-11-18)33-16-23(30)28-22-7-5-4-6-21(22)24(25,26)27/h4-15H,3,16H2,1-2H3,(H,28,30). The maximum absolute atomic E-state index is 13.1. The van der Waals surface area contributed by atoms with Crippen LogP contribution in [0.5, 0.6) is 5.75 Å². The largest absolute Gasteiger partial charge is 0.484 e. The van der Waals surface area contributed by atoms with Gasteiger partial charge in [-0.05, 0) is 62.4 Å². The number of alkyl halides is 3. The molecule has 0 radical (unpaired) electrons. The number of aryl methyl sites for hydroxylation is 1. The number of para-hydroxylation sites is 1. The number of nitrogens with zero attached hydrogens (tertiary/aromatic N) is 1. The number of ether oxygens (including phenoxy) is 1. The topological polar surface area (TPSA) is 75.7 Å². The first-order valence-corrected chi connectivity index (χ1v) is 11.7. The van der Waals surface area contributed by atoms with E-state index >= 15 is 0 Å². The molecule has 0 atom stereocenters. The second-order valence-corrected chi connectivity index (χ2v) is 9.22. The fourth-order valence-corrected chi connectivity index (χ4v) is 4.69. The molecule has 0 saturated carbocycles. The van der Waals surface area contributed by atoms with Gasteiger partial charge in [0.15, 0.2) is 6.61 Å². The molecule has 180 valence electrons. The van der Waals surface area contributed by atoms with E-state index in [1.807, 2.05) is 6.92 Å². The maximum Gasteiger partial charge on any atom is 0.418 e. The molecule has 1 N–H and O–H groups in total. The van der Waals surface area contributed by atoms with Crippen molar-refractivity contribution in [2.24, 2.45) is 0 Å². The van der Waals surface area contributed by atoms with E-state index in [9.17, 15) is 26.4 Å². The summed E-state index contributed by atoms with van der Waals surface area (Å²) in [6.07, 6.45) is -4.61. The Morgan fingerprint density at radius 1 is 0.971 bits per heavy atom. The summed E-state index contributed by atoms with van der Waals surface area (Å²) in [5, 5.41) is 2.20. The number of anilines is 2. The SMILES string of the molecule is CCN(c1ccc(OCC(=O)Nc2ccccc2C(F)(F)F)cc1)S(=O)(=O)c1ccc(C)cc1. The van der Waals surface area contributed by atoms with Gasteiger partial charge < -0.3 is 10.1 Å². The zero-order chi connectivity index (χ0) is 24.9. The number of benzene rings is 3. The number of nitrogens with one attached hydrogen (secondary N) is 1. The Morgan fingerprint density at radius 2 is 1.59 bits per heavy atom. The van der Waals surface area contributed by atoms with Crippen LogP contribution in [-0.4, -0.2) is 27.5 Å². The number of rotatable bonds is 8. The first-order chi connectivity index (χ1) is 16.0. The van der Waals surface area contributed by atoms with E-state index in [1.54, 1.807) is 31.2 Å². The molecule has 0 aliphatic heterocycles. The molecule has 3 aromatic rings. The van der Waals surface area contributed by atoms with E-state index in [1.165, 1.54) is 40.7 Å². The molecule has 0 aliphatic rings. The lowest BCUT2D eigenvalue weighted by Gasteiger charge is -2.23. The van der Waals surface area contributed by atoms with Gasteiger partial charge >= 0.3 is 6.18 Å². The van der Waals surface area contributed by atoms with Crippen LogP contribution < -0.4 is 14.4 Å². The third-order valence-electron chi connectivity index (χ3n) is 4.90. The van der Waals surface area contributed by atoms with Crippen molar-refractivity contribution in [3.8, 4) is 5.75 Å². The molecule has 0 aliphatic carbocycles. The molecule has 10 heteroatoms. The minimum absolute atomic E-state index is 0.163. The average molecular weight is 493 g/mol. The summed E-state index contributed by atoms with van der Waals surface area (Å²) < 4.78 is 71.8. The van der Waals surface area contributed by atoms with Gasteiger partial charge in [0.05, 0.1) is 21.8 Å². The minimum Gasteiger partial charge on any atom is -0.484 e. The highest BCUT2D eigenvalue weighted by molar-refractivity contribution is 7.92. The van der Waals surface area contributed by atoms with E-state index in [-0.39, 0.29) is 22.9 Å². The van der Waals surface area contributed by atoms with Gasteiger partial charge in [-0.1, -0.05) is 29.8 Å². The molecule has 0 spiro atoms. The van der Waals surface area contributed by atoms with E-state index in [0.717, 1.165) is 17.7 Å². The van der Waals surface area contributed by atoms with Gasteiger partial charge in [0.25, 0.3) is 15.9 Å². The molecular formula is C24H23F3N2O4S. The third-order valence-corrected chi connectivity index (χ3v) is 6.81. The van der Waals surface area contributed by atoms with Crippen molar-refractivity contribution in [3.63, 3.8) is 0 Å². The zero-order valence-corrected chi connectivity index (χ0v) is 19.3. The van der Waals surface area contributed by atoms with Crippen LogP contribution in [0.2, 0.25) is 0 Å². The molecule has 0 saturated heterocycles. The first kappa shape index (κ1) is 25.1. The van der Waals surface area contributed by atoms with Crippen LogP contribution in [0, 0.1) is 6.92 Å². The van der Waals surface area contributed by atoms with E-state index in [4.69, 9.17) is 4.74 Å². The predicted octanol–water partition coefficient (Wildman–Crippen LogP) is 5.25. The van der Waals surface area contributed by atoms with Crippen molar-refractivity contribution in [3.05, 3.63) is 83.9 Å². The summed E-state index contributed by atoms with van der Waals surface area (Å²) in [5.41, 5.74) is 0.0226. The highest BCUT2D eigenvalue weighted by Gasteiger charge is 2.33. The molecule has 0 aromatic heterocycles. The summed E-state index contributed by atoms with van der Waals surface area (Å²) in [6, 6.07) is 17.2. The van der Waals surface area contributed by atoms with Crippen molar-refractivity contribution in [2.45, 2.75) is 24.9 Å². The first-order valence-electron chi connectivity index (χ1n) is 10.3. The molecule has 3 aromatic carbocycles. The summed E-state index contributed by atoms with van der Waals surface area (Å²) in [6.45, 7) is 3.24. The monoisotopic (exact) mass is 492 g/mol. The number of amides is 1. The Bertz CT molecular complexity index is 1240. The number of halogens is 3. The Hall–Kier alpha value is -3.53. The Morgan fingerprint density at radius 3 is 2.18 bits per heavy atom. The van der Waals surface area contributed by atoms with Crippen molar-refractivity contribution in [1.82, 2.24) is 0 Å². The van der Waals surface area contributed by atoms with Crippen molar-refractivity contribution in [2.75, 3.05) is 22.8 Å². The molecule has 0 heterocycles. The summed E-state index contributed by atoms with van der Waals surface area (Å²) in [7, 11) is -3.77. The molecule has 0 bridgehead atoms. The summed E-state index contributed by atoms with van der Waals surface area (Å²) in [4.78, 5) is 12.3. The smallest absolute Gasteiger partial charge is 0.418 e. The molecule has 6 nitrogen and oxygen atoms in total. The van der Waals surface area contributed by atoms with Gasteiger partial charge in [-0.25, -0.2) is 8.42 Å². The van der Waals surface area contributed by atoms with Gasteiger partial charge in [0, 0.05) is 6.54 Å². The number of sulfonamides is 1. The van der Waals surface area contributed by atoms with E-state index in [2.05, 4.69) is 5.32 Å². The van der Waals surface area contributed by atoms with Crippen molar-refractivity contribution >= 4 is 27.3 Å². The lowest BCUT2D eigenvalue weighted by molar-refractivity contribution is -0.137. The predicted molar refractivity (Wildman–Crippen MR) is 123 cm³/mol. The Labute approximate surface area is 196 Å². The fourth-order valence-electron chi connectivity index (χ4n) is 3.21. The van der Waals surface area contributed by atoms with E-state index < -0.39 is 34.3 Å². The minimum atomic E-state index is -4.61. The summed E-state index contributed by atoms with van der Waals surface area (Å²) >= 11 is 0. The molecule has 0 unspecified atom stereocenters. The summed E-state index contributed by atoms with van der Waals surface area (Å²) in [5.74, 6) is -0.510. The van der Waals surface area contributed by atoms with Gasteiger partial charge in [0.1, 0.15) is 5.75 Å². The second kappa shape index (κ2) is 10.2. The van der Waals surface area contributed by atoms with Crippen LogP contribution in [0.15, 0.2) is 77.7 Å². The fraction of sp³-hybridized carbons (Fsp3) is 0.208. The molecule has 1 amide bonds. The van der Waals surface area contributed by atoms with Gasteiger partial charge in [-0.3, -0.25) is 9.10 Å². The molecule has 0 fully saturated rings. The average Bonchev–Trinajstić information content (AvgIpc) is 2.79.